The molecule has 2 aromatic carbocycles. The molecule has 2 aromatic heterocycles. The van der Waals surface area contributed by atoms with E-state index in [1.807, 2.05) is 54.8 Å². The van der Waals surface area contributed by atoms with E-state index in [-0.39, 0.29) is 17.8 Å². The van der Waals surface area contributed by atoms with Gasteiger partial charge in [0.05, 0.1) is 5.69 Å². The predicted molar refractivity (Wildman–Crippen MR) is 110 cm³/mol. The van der Waals surface area contributed by atoms with Gasteiger partial charge in [0.15, 0.2) is 0 Å². The van der Waals surface area contributed by atoms with Crippen LogP contribution in [0.25, 0.3) is 16.2 Å². The number of aryl methyl sites for hydroxylation is 1. The van der Waals surface area contributed by atoms with E-state index in [0.717, 1.165) is 22.5 Å². The lowest BCUT2D eigenvalue weighted by molar-refractivity contribution is -0.114. The minimum absolute atomic E-state index is 0.115. The summed E-state index contributed by atoms with van der Waals surface area (Å²) in [5.41, 5.74) is 4.09. The van der Waals surface area contributed by atoms with Crippen LogP contribution < -0.4 is 10.6 Å². The molecule has 2 N–H and O–H groups in total. The van der Waals surface area contributed by atoms with Gasteiger partial charge in [0.25, 0.3) is 11.9 Å². The van der Waals surface area contributed by atoms with Crippen LogP contribution in [0.3, 0.4) is 0 Å². The van der Waals surface area contributed by atoms with Crippen LogP contribution in [0.4, 0.5) is 11.6 Å². The maximum absolute atomic E-state index is 12.4. The second-order valence-electron chi connectivity index (χ2n) is 6.33. The average molecular weight is 391 g/mol. The van der Waals surface area contributed by atoms with Crippen molar-refractivity contribution in [2.75, 3.05) is 10.6 Å². The molecule has 0 radical (unpaired) electrons. The zero-order chi connectivity index (χ0) is 19.7. The summed E-state index contributed by atoms with van der Waals surface area (Å²) < 4.78 is 1.70. The molecular weight excluding hydrogens is 374 g/mol. The van der Waals surface area contributed by atoms with Crippen molar-refractivity contribution in [1.29, 1.82) is 0 Å². The van der Waals surface area contributed by atoms with Gasteiger partial charge in [0.1, 0.15) is 0 Å². The third kappa shape index (κ3) is 3.63. The number of hydrogen-bond donors (Lipinski definition) is 2. The van der Waals surface area contributed by atoms with Gasteiger partial charge in [-0.05, 0) is 31.2 Å². The highest BCUT2D eigenvalue weighted by molar-refractivity contribution is 7.15. The molecule has 0 spiro atoms. The molecule has 8 heteroatoms. The van der Waals surface area contributed by atoms with E-state index in [2.05, 4.69) is 20.7 Å². The second kappa shape index (κ2) is 7.24. The summed E-state index contributed by atoms with van der Waals surface area (Å²) in [6, 6.07) is 14.8. The van der Waals surface area contributed by atoms with Gasteiger partial charge in [0.2, 0.25) is 10.9 Å². The summed E-state index contributed by atoms with van der Waals surface area (Å²) in [7, 11) is 0. The van der Waals surface area contributed by atoms with E-state index >= 15 is 0 Å². The Morgan fingerprint density at radius 2 is 1.86 bits per heavy atom. The Balaban J connectivity index is 1.58. The lowest BCUT2D eigenvalue weighted by atomic mass is 10.1. The summed E-state index contributed by atoms with van der Waals surface area (Å²) >= 11 is 1.44. The number of carbonyl (C=O) groups excluding carboxylic acids is 2. The maximum atomic E-state index is 12.4. The average Bonchev–Trinajstić information content (AvgIpc) is 3.22. The van der Waals surface area contributed by atoms with Gasteiger partial charge in [-0.2, -0.15) is 4.98 Å². The first-order chi connectivity index (χ1) is 13.5. The summed E-state index contributed by atoms with van der Waals surface area (Å²) in [4.78, 5) is 28.6. The van der Waals surface area contributed by atoms with E-state index in [0.29, 0.717) is 10.5 Å². The third-order valence-electron chi connectivity index (χ3n) is 4.09. The molecule has 4 rings (SSSR count). The molecule has 0 aliphatic rings. The largest absolute Gasteiger partial charge is 0.326 e. The number of anilines is 2. The van der Waals surface area contributed by atoms with Crippen LogP contribution in [0.2, 0.25) is 0 Å². The van der Waals surface area contributed by atoms with Crippen LogP contribution in [0.5, 0.6) is 0 Å². The maximum Gasteiger partial charge on any atom is 0.258 e. The fourth-order valence-electron chi connectivity index (χ4n) is 2.82. The lowest BCUT2D eigenvalue weighted by Crippen LogP contribution is -2.13. The first-order valence-electron chi connectivity index (χ1n) is 8.60. The number of aromatic nitrogens is 3. The molecule has 0 aliphatic heterocycles. The van der Waals surface area contributed by atoms with Crippen molar-refractivity contribution in [3.8, 4) is 11.3 Å². The molecule has 0 fully saturated rings. The topological polar surface area (TPSA) is 88.4 Å². The lowest BCUT2D eigenvalue weighted by Gasteiger charge is -2.04. The molecule has 140 valence electrons. The number of hydrogen-bond acceptors (Lipinski definition) is 5. The SMILES string of the molecule is CC(=O)Nc1ccc(-c2csc3nc(NC(=O)c4cccc(C)c4)nn23)cc1. The normalized spacial score (nSPS) is 10.8. The van der Waals surface area contributed by atoms with Crippen LogP contribution in [0, 0.1) is 6.92 Å². The Bertz CT molecular complexity index is 1180. The summed E-state index contributed by atoms with van der Waals surface area (Å²) in [5, 5.41) is 11.9. The van der Waals surface area contributed by atoms with Crippen LogP contribution in [-0.2, 0) is 4.79 Å². The summed E-state index contributed by atoms with van der Waals surface area (Å²) in [5.74, 6) is -0.103. The standard InChI is InChI=1S/C20H17N5O2S/c1-12-4-3-5-15(10-12)18(27)22-19-23-20-25(24-19)17(11-28-20)14-6-8-16(9-7-14)21-13(2)26/h3-11H,1-2H3,(H,21,26)(H,22,24,27). The molecule has 0 atom stereocenters. The first kappa shape index (κ1) is 17.9. The first-order valence-corrected chi connectivity index (χ1v) is 9.48. The van der Waals surface area contributed by atoms with Gasteiger partial charge in [0, 0.05) is 29.1 Å². The highest BCUT2D eigenvalue weighted by Crippen LogP contribution is 2.27. The van der Waals surface area contributed by atoms with E-state index in [1.165, 1.54) is 18.3 Å². The van der Waals surface area contributed by atoms with E-state index in [1.54, 1.807) is 10.6 Å². The van der Waals surface area contributed by atoms with Crippen molar-refractivity contribution in [3.63, 3.8) is 0 Å². The quantitative estimate of drug-likeness (QED) is 0.551. The minimum Gasteiger partial charge on any atom is -0.326 e. The molecule has 4 aromatic rings. The Kier molecular flexibility index (Phi) is 4.62. The number of amides is 2. The highest BCUT2D eigenvalue weighted by Gasteiger charge is 2.14. The van der Waals surface area contributed by atoms with E-state index in [4.69, 9.17) is 0 Å². The molecule has 0 aliphatic carbocycles. The zero-order valence-corrected chi connectivity index (χ0v) is 16.1. The van der Waals surface area contributed by atoms with Crippen molar-refractivity contribution in [1.82, 2.24) is 14.6 Å². The monoisotopic (exact) mass is 391 g/mol. The van der Waals surface area contributed by atoms with Gasteiger partial charge < -0.3 is 5.32 Å². The fraction of sp³-hybridized carbons (Fsp3) is 0.100. The molecule has 2 heterocycles. The molecule has 2 amide bonds. The van der Waals surface area contributed by atoms with Crippen LogP contribution in [-0.4, -0.2) is 26.4 Å². The number of thiazole rings is 1. The number of benzene rings is 2. The van der Waals surface area contributed by atoms with Gasteiger partial charge in [-0.1, -0.05) is 29.8 Å². The number of rotatable bonds is 4. The van der Waals surface area contributed by atoms with Crippen molar-refractivity contribution in [2.24, 2.45) is 0 Å². The third-order valence-corrected chi connectivity index (χ3v) is 4.90. The van der Waals surface area contributed by atoms with Crippen molar-refractivity contribution in [2.45, 2.75) is 13.8 Å². The molecule has 0 bridgehead atoms. The number of carbonyl (C=O) groups is 2. The zero-order valence-electron chi connectivity index (χ0n) is 15.3. The van der Waals surface area contributed by atoms with E-state index < -0.39 is 0 Å². The number of fused-ring (bicyclic) bond motifs is 1. The Hall–Kier alpha value is -3.52. The molecule has 7 nitrogen and oxygen atoms in total. The number of nitrogens with one attached hydrogen (secondary N) is 2. The van der Waals surface area contributed by atoms with Crippen molar-refractivity contribution < 1.29 is 9.59 Å². The van der Waals surface area contributed by atoms with E-state index in [9.17, 15) is 9.59 Å². The Morgan fingerprint density at radius 1 is 1.07 bits per heavy atom. The second-order valence-corrected chi connectivity index (χ2v) is 7.17. The smallest absolute Gasteiger partial charge is 0.258 e. The molecule has 28 heavy (non-hydrogen) atoms. The number of nitrogens with zero attached hydrogens (tertiary/aromatic N) is 3. The Labute approximate surface area is 165 Å². The molecule has 0 unspecified atom stereocenters. The molecule has 0 saturated carbocycles. The van der Waals surface area contributed by atoms with Gasteiger partial charge in [-0.3, -0.25) is 14.9 Å². The molecular formula is C20H17N5O2S. The summed E-state index contributed by atoms with van der Waals surface area (Å²) in [6.07, 6.45) is 0. The van der Waals surface area contributed by atoms with Crippen LogP contribution in [0.15, 0.2) is 53.9 Å². The van der Waals surface area contributed by atoms with Crippen LogP contribution >= 0.6 is 11.3 Å². The van der Waals surface area contributed by atoms with Crippen molar-refractivity contribution >= 4 is 39.7 Å². The van der Waals surface area contributed by atoms with Gasteiger partial charge in [-0.25, -0.2) is 4.52 Å². The predicted octanol–water partition coefficient (Wildman–Crippen LogP) is 3.98. The minimum atomic E-state index is -0.247. The van der Waals surface area contributed by atoms with Gasteiger partial charge >= 0.3 is 0 Å². The fourth-order valence-corrected chi connectivity index (χ4v) is 3.65. The highest BCUT2D eigenvalue weighted by atomic mass is 32.1. The Morgan fingerprint density at radius 3 is 2.57 bits per heavy atom. The summed E-state index contributed by atoms with van der Waals surface area (Å²) in [6.45, 7) is 3.41. The van der Waals surface area contributed by atoms with Crippen LogP contribution in [0.1, 0.15) is 22.8 Å². The van der Waals surface area contributed by atoms with Crippen molar-refractivity contribution in [3.05, 3.63) is 65.0 Å². The molecule has 0 saturated heterocycles. The van der Waals surface area contributed by atoms with Gasteiger partial charge in [-0.15, -0.1) is 16.4 Å².